The van der Waals surface area contributed by atoms with Gasteiger partial charge in [-0.15, -0.1) is 6.58 Å². The average molecular weight is 338 g/mol. The van der Waals surface area contributed by atoms with E-state index in [0.717, 1.165) is 16.8 Å². The first-order chi connectivity index (χ1) is 11.9. The first kappa shape index (κ1) is 16.1. The maximum Gasteiger partial charge on any atom is 0.234 e. The van der Waals surface area contributed by atoms with Crippen LogP contribution in [0.5, 0.6) is 0 Å². The van der Waals surface area contributed by atoms with E-state index in [1.165, 1.54) is 0 Å². The second kappa shape index (κ2) is 5.30. The summed E-state index contributed by atoms with van der Waals surface area (Å²) in [4.78, 5) is 26.7. The molecule has 2 bridgehead atoms. The van der Waals surface area contributed by atoms with Crippen LogP contribution in [0.25, 0.3) is 0 Å². The first-order valence-electron chi connectivity index (χ1n) is 8.48. The van der Waals surface area contributed by atoms with Gasteiger partial charge >= 0.3 is 0 Å². The average Bonchev–Trinajstić information content (AvgIpc) is 3.18. The van der Waals surface area contributed by atoms with Crippen LogP contribution in [0.4, 0.5) is 5.69 Å². The van der Waals surface area contributed by atoms with Gasteiger partial charge in [0, 0.05) is 17.6 Å². The number of ether oxygens (including phenoxy) is 1. The Labute approximate surface area is 146 Å². The zero-order valence-corrected chi connectivity index (χ0v) is 14.3. The number of aliphatic carboxylic acids is 1. The Kier molecular flexibility index (Phi) is 3.41. The third-order valence-corrected chi connectivity index (χ3v) is 5.61. The molecule has 0 N–H and O–H groups in total. The van der Waals surface area contributed by atoms with Gasteiger partial charge in [-0.3, -0.25) is 4.79 Å². The highest BCUT2D eigenvalue weighted by Crippen LogP contribution is 2.56. The quantitative estimate of drug-likeness (QED) is 0.778. The number of aryl methyl sites for hydroxylation is 1. The third kappa shape index (κ3) is 2.05. The van der Waals surface area contributed by atoms with E-state index in [1.807, 2.05) is 44.2 Å². The lowest BCUT2D eigenvalue weighted by atomic mass is 9.74. The minimum Gasteiger partial charge on any atom is -0.550 e. The van der Waals surface area contributed by atoms with Crippen molar-refractivity contribution in [1.82, 2.24) is 0 Å². The van der Waals surface area contributed by atoms with Crippen LogP contribution in [0, 0.1) is 18.8 Å². The van der Waals surface area contributed by atoms with Crippen molar-refractivity contribution in [2.75, 3.05) is 4.90 Å². The second-order valence-electron chi connectivity index (χ2n) is 7.29. The molecular formula is C20H20NO4-. The van der Waals surface area contributed by atoms with Crippen molar-refractivity contribution in [3.63, 3.8) is 0 Å². The molecule has 0 aromatic heterocycles. The van der Waals surface area contributed by atoms with Gasteiger partial charge in [-0.2, -0.15) is 0 Å². The number of hydrogen-bond donors (Lipinski definition) is 0. The maximum atomic E-state index is 13.3. The Bertz CT molecular complexity index is 814. The molecule has 3 aliphatic heterocycles. The summed E-state index contributed by atoms with van der Waals surface area (Å²) < 4.78 is 6.10. The third-order valence-electron chi connectivity index (χ3n) is 5.61. The summed E-state index contributed by atoms with van der Waals surface area (Å²) in [5.74, 6) is -3.13. The van der Waals surface area contributed by atoms with E-state index < -0.39 is 29.5 Å². The van der Waals surface area contributed by atoms with E-state index in [0.29, 0.717) is 6.42 Å². The molecule has 0 saturated carbocycles. The van der Waals surface area contributed by atoms with Crippen molar-refractivity contribution in [3.8, 4) is 0 Å². The zero-order chi connectivity index (χ0) is 17.9. The molecule has 3 aliphatic rings. The van der Waals surface area contributed by atoms with E-state index in [9.17, 15) is 14.7 Å². The number of carbonyl (C=O) groups excluding carboxylic acids is 2. The van der Waals surface area contributed by atoms with Gasteiger partial charge in [-0.1, -0.05) is 35.9 Å². The van der Waals surface area contributed by atoms with Gasteiger partial charge in [0.1, 0.15) is 5.60 Å². The molecule has 130 valence electrons. The normalized spacial score (nSPS) is 35.3. The predicted octanol–water partition coefficient (Wildman–Crippen LogP) is 1.37. The van der Waals surface area contributed by atoms with Crippen LogP contribution in [-0.2, 0) is 14.3 Å². The summed E-state index contributed by atoms with van der Waals surface area (Å²) in [7, 11) is 0. The summed E-state index contributed by atoms with van der Waals surface area (Å²) >= 11 is 0. The molecule has 4 rings (SSSR count). The van der Waals surface area contributed by atoms with E-state index in [4.69, 9.17) is 4.74 Å². The van der Waals surface area contributed by atoms with E-state index in [-0.39, 0.29) is 11.9 Å². The van der Waals surface area contributed by atoms with Crippen LogP contribution in [0.1, 0.15) is 18.9 Å². The molecule has 2 saturated heterocycles. The van der Waals surface area contributed by atoms with Crippen molar-refractivity contribution in [3.05, 3.63) is 54.1 Å². The summed E-state index contributed by atoms with van der Waals surface area (Å²) in [6, 6.07) is 7.31. The van der Waals surface area contributed by atoms with Crippen LogP contribution in [0.2, 0.25) is 0 Å². The standard InChI is InChI=1S/C20H21NO4/c1-11(2)10-15-20-9-8-14(25-20)16(19(23)24)17(20)18(22)21(15)13-7-5-4-6-12(13)3/h4-9,14-17H,1,10H2,2-3H3,(H,23,24)/p-1/t14-,15-,16-,17+,20+/m0/s1. The highest BCUT2D eigenvalue weighted by atomic mass is 16.5. The smallest absolute Gasteiger partial charge is 0.234 e. The van der Waals surface area contributed by atoms with Crippen LogP contribution in [-0.4, -0.2) is 29.6 Å². The van der Waals surface area contributed by atoms with Crippen molar-refractivity contribution >= 4 is 17.6 Å². The molecule has 2 fully saturated rings. The number of carboxylic acids is 1. The summed E-state index contributed by atoms with van der Waals surface area (Å²) in [6.45, 7) is 7.84. The maximum absolute atomic E-state index is 13.3. The van der Waals surface area contributed by atoms with Crippen molar-refractivity contribution in [2.24, 2.45) is 11.8 Å². The van der Waals surface area contributed by atoms with Crippen molar-refractivity contribution in [2.45, 2.75) is 38.0 Å². The Morgan fingerprint density at radius 1 is 1.40 bits per heavy atom. The molecular weight excluding hydrogens is 318 g/mol. The predicted molar refractivity (Wildman–Crippen MR) is 90.6 cm³/mol. The van der Waals surface area contributed by atoms with Gasteiger partial charge in [-0.05, 0) is 31.9 Å². The second-order valence-corrected chi connectivity index (χ2v) is 7.29. The Morgan fingerprint density at radius 3 is 2.76 bits per heavy atom. The number of rotatable bonds is 4. The Balaban J connectivity index is 1.87. The zero-order valence-electron chi connectivity index (χ0n) is 14.3. The van der Waals surface area contributed by atoms with Crippen LogP contribution in [0.15, 0.2) is 48.6 Å². The monoisotopic (exact) mass is 338 g/mol. The number of anilines is 1. The number of para-hydroxylation sites is 1. The van der Waals surface area contributed by atoms with Gasteiger partial charge in [0.15, 0.2) is 0 Å². The first-order valence-corrected chi connectivity index (χ1v) is 8.48. The molecule has 1 spiro atoms. The highest BCUT2D eigenvalue weighted by molar-refractivity contribution is 6.03. The van der Waals surface area contributed by atoms with Gasteiger partial charge in [0.05, 0.1) is 18.1 Å². The number of fused-ring (bicyclic) bond motifs is 1. The molecule has 5 nitrogen and oxygen atoms in total. The van der Waals surface area contributed by atoms with Gasteiger partial charge < -0.3 is 19.5 Å². The summed E-state index contributed by atoms with van der Waals surface area (Å²) in [5.41, 5.74) is 1.75. The van der Waals surface area contributed by atoms with Crippen LogP contribution in [0.3, 0.4) is 0 Å². The molecule has 1 aromatic carbocycles. The molecule has 3 heterocycles. The fourth-order valence-corrected chi connectivity index (χ4v) is 4.62. The number of hydrogen-bond acceptors (Lipinski definition) is 4. The van der Waals surface area contributed by atoms with Crippen molar-refractivity contribution < 1.29 is 19.4 Å². The number of amides is 1. The van der Waals surface area contributed by atoms with Gasteiger partial charge in [0.2, 0.25) is 5.91 Å². The lowest BCUT2D eigenvalue weighted by molar-refractivity contribution is -0.313. The lowest BCUT2D eigenvalue weighted by Crippen LogP contribution is -2.46. The van der Waals surface area contributed by atoms with E-state index in [1.54, 1.807) is 11.0 Å². The summed E-state index contributed by atoms with van der Waals surface area (Å²) in [6.07, 6.45) is 3.60. The molecule has 0 radical (unpaired) electrons. The topological polar surface area (TPSA) is 69.7 Å². The lowest BCUT2D eigenvalue weighted by Gasteiger charge is -2.34. The highest BCUT2D eigenvalue weighted by Gasteiger charge is 2.69. The molecule has 1 aromatic rings. The Hall–Kier alpha value is -2.40. The van der Waals surface area contributed by atoms with Crippen LogP contribution >= 0.6 is 0 Å². The Morgan fingerprint density at radius 2 is 2.12 bits per heavy atom. The molecule has 0 aliphatic carbocycles. The summed E-state index contributed by atoms with van der Waals surface area (Å²) in [5, 5.41) is 11.7. The molecule has 25 heavy (non-hydrogen) atoms. The van der Waals surface area contributed by atoms with E-state index >= 15 is 0 Å². The van der Waals surface area contributed by atoms with E-state index in [2.05, 4.69) is 6.58 Å². The molecule has 5 atom stereocenters. The number of benzene rings is 1. The van der Waals surface area contributed by atoms with Gasteiger partial charge in [0.25, 0.3) is 0 Å². The largest absolute Gasteiger partial charge is 0.550 e. The van der Waals surface area contributed by atoms with Crippen molar-refractivity contribution in [1.29, 1.82) is 0 Å². The fourth-order valence-electron chi connectivity index (χ4n) is 4.62. The fraction of sp³-hybridized carbons (Fsp3) is 0.400. The molecule has 1 amide bonds. The number of carbonyl (C=O) groups is 2. The molecule has 0 unspecified atom stereocenters. The number of carboxylic acid groups (broad SMARTS) is 1. The minimum absolute atomic E-state index is 0.207. The van der Waals surface area contributed by atoms with Crippen LogP contribution < -0.4 is 10.0 Å². The SMILES string of the molecule is C=C(C)C[C@@H]1N(c2ccccc2C)C(=O)[C@H]2[C@@H](C(=O)[O-])[C@@H]3C=C[C@@]12O3. The van der Waals surface area contributed by atoms with Gasteiger partial charge in [-0.25, -0.2) is 0 Å². The number of nitrogens with zero attached hydrogens (tertiary/aromatic N) is 1. The molecule has 5 heteroatoms. The minimum atomic E-state index is -1.23.